The molecular weight excluding hydrogens is 158 g/mol. The van der Waals surface area contributed by atoms with Gasteiger partial charge in [-0.2, -0.15) is 0 Å². The topological polar surface area (TPSA) is 26.0 Å². The van der Waals surface area contributed by atoms with E-state index in [-0.39, 0.29) is 0 Å². The monoisotopic (exact) mass is 181 g/mol. The van der Waals surface area contributed by atoms with Gasteiger partial charge in [0.15, 0.2) is 0 Å². The first kappa shape index (κ1) is 10.8. The lowest BCUT2D eigenvalue weighted by molar-refractivity contribution is 0.418. The zero-order valence-electron chi connectivity index (χ0n) is 8.84. The highest BCUT2D eigenvalue weighted by atomic mass is 14.6. The molecule has 2 N–H and O–H groups in total. The molecule has 0 aromatic rings. The molecular formula is C12H23N. The fourth-order valence-corrected chi connectivity index (χ4v) is 1.97. The van der Waals surface area contributed by atoms with Crippen LogP contribution in [0.3, 0.4) is 0 Å². The van der Waals surface area contributed by atoms with Crippen molar-refractivity contribution in [3.05, 3.63) is 12.2 Å². The minimum Gasteiger partial charge on any atom is -0.328 e. The molecule has 0 aliphatic heterocycles. The molecule has 0 bridgehead atoms. The Kier molecular flexibility index (Phi) is 5.14. The molecule has 76 valence electrons. The average Bonchev–Trinajstić information content (AvgIpc) is 2.14. The Balaban J connectivity index is 2.07. The van der Waals surface area contributed by atoms with Gasteiger partial charge in [0.1, 0.15) is 0 Å². The van der Waals surface area contributed by atoms with E-state index >= 15 is 0 Å². The van der Waals surface area contributed by atoms with Crippen molar-refractivity contribution in [3.63, 3.8) is 0 Å². The molecule has 0 spiro atoms. The van der Waals surface area contributed by atoms with E-state index in [9.17, 15) is 0 Å². The maximum Gasteiger partial charge on any atom is 0.00134 e. The number of hydrogen-bond acceptors (Lipinski definition) is 1. The third-order valence-corrected chi connectivity index (χ3v) is 2.85. The molecule has 0 radical (unpaired) electrons. The van der Waals surface area contributed by atoms with Gasteiger partial charge in [-0.05, 0) is 38.5 Å². The van der Waals surface area contributed by atoms with Gasteiger partial charge >= 0.3 is 0 Å². The summed E-state index contributed by atoms with van der Waals surface area (Å²) in [5, 5.41) is 0. The molecule has 0 saturated heterocycles. The minimum absolute atomic E-state index is 0.357. The SMILES string of the molecule is CC(N)CC/C=C/C1CCCCC1. The molecule has 1 aliphatic carbocycles. The van der Waals surface area contributed by atoms with E-state index in [1.807, 2.05) is 0 Å². The fourth-order valence-electron chi connectivity index (χ4n) is 1.97. The Bertz CT molecular complexity index is 143. The zero-order valence-corrected chi connectivity index (χ0v) is 8.84. The molecule has 1 fully saturated rings. The predicted octanol–water partition coefficient (Wildman–Crippen LogP) is 3.25. The van der Waals surface area contributed by atoms with Crippen LogP contribution in [0.4, 0.5) is 0 Å². The van der Waals surface area contributed by atoms with Gasteiger partial charge in [-0.15, -0.1) is 0 Å². The second kappa shape index (κ2) is 6.20. The molecule has 1 saturated carbocycles. The van der Waals surface area contributed by atoms with E-state index in [4.69, 9.17) is 5.73 Å². The summed E-state index contributed by atoms with van der Waals surface area (Å²) >= 11 is 0. The molecule has 0 heterocycles. The van der Waals surface area contributed by atoms with Crippen LogP contribution in [0.2, 0.25) is 0 Å². The Morgan fingerprint density at radius 3 is 2.62 bits per heavy atom. The molecule has 1 aliphatic rings. The standard InChI is InChI=1S/C12H23N/c1-11(13)7-5-6-10-12-8-3-2-4-9-12/h6,10-12H,2-5,7-9,13H2,1H3/b10-6+. The summed E-state index contributed by atoms with van der Waals surface area (Å²) < 4.78 is 0. The summed E-state index contributed by atoms with van der Waals surface area (Å²) in [4.78, 5) is 0. The van der Waals surface area contributed by atoms with Crippen molar-refractivity contribution in [1.82, 2.24) is 0 Å². The maximum absolute atomic E-state index is 5.68. The van der Waals surface area contributed by atoms with Gasteiger partial charge in [0, 0.05) is 6.04 Å². The van der Waals surface area contributed by atoms with E-state index in [0.29, 0.717) is 6.04 Å². The van der Waals surface area contributed by atoms with Crippen molar-refractivity contribution >= 4 is 0 Å². The summed E-state index contributed by atoms with van der Waals surface area (Å²) in [6.45, 7) is 2.08. The third-order valence-electron chi connectivity index (χ3n) is 2.85. The largest absolute Gasteiger partial charge is 0.328 e. The van der Waals surface area contributed by atoms with Crippen LogP contribution in [-0.4, -0.2) is 6.04 Å². The van der Waals surface area contributed by atoms with Crippen molar-refractivity contribution in [2.75, 3.05) is 0 Å². The highest BCUT2D eigenvalue weighted by Gasteiger charge is 2.09. The lowest BCUT2D eigenvalue weighted by atomic mass is 9.89. The highest BCUT2D eigenvalue weighted by molar-refractivity contribution is 4.90. The van der Waals surface area contributed by atoms with Crippen molar-refractivity contribution in [3.8, 4) is 0 Å². The summed E-state index contributed by atoms with van der Waals surface area (Å²) in [5.41, 5.74) is 5.68. The number of hydrogen-bond donors (Lipinski definition) is 1. The normalized spacial score (nSPS) is 22.3. The number of nitrogens with two attached hydrogens (primary N) is 1. The zero-order chi connectivity index (χ0) is 9.52. The predicted molar refractivity (Wildman–Crippen MR) is 58.6 cm³/mol. The van der Waals surface area contributed by atoms with Gasteiger partial charge in [0.05, 0.1) is 0 Å². The Morgan fingerprint density at radius 1 is 1.31 bits per heavy atom. The smallest absolute Gasteiger partial charge is 0.00134 e. The van der Waals surface area contributed by atoms with Crippen molar-refractivity contribution in [2.24, 2.45) is 11.7 Å². The van der Waals surface area contributed by atoms with Crippen LogP contribution in [0.15, 0.2) is 12.2 Å². The molecule has 0 aromatic carbocycles. The van der Waals surface area contributed by atoms with Crippen LogP contribution in [0.5, 0.6) is 0 Å². The summed E-state index contributed by atoms with van der Waals surface area (Å²) in [7, 11) is 0. The van der Waals surface area contributed by atoms with Crippen molar-refractivity contribution in [2.45, 2.75) is 57.9 Å². The lowest BCUT2D eigenvalue weighted by Crippen LogP contribution is -2.13. The molecule has 1 nitrogen and oxygen atoms in total. The van der Waals surface area contributed by atoms with Crippen molar-refractivity contribution < 1.29 is 0 Å². The van der Waals surface area contributed by atoms with Gasteiger partial charge in [-0.25, -0.2) is 0 Å². The lowest BCUT2D eigenvalue weighted by Gasteiger charge is -2.17. The molecule has 13 heavy (non-hydrogen) atoms. The van der Waals surface area contributed by atoms with E-state index in [2.05, 4.69) is 19.1 Å². The van der Waals surface area contributed by atoms with E-state index in [1.165, 1.54) is 32.1 Å². The summed E-state index contributed by atoms with van der Waals surface area (Å²) in [6, 6.07) is 0.357. The number of allylic oxidation sites excluding steroid dienone is 2. The first-order valence-electron chi connectivity index (χ1n) is 5.71. The van der Waals surface area contributed by atoms with Crippen LogP contribution in [0, 0.1) is 5.92 Å². The van der Waals surface area contributed by atoms with Gasteiger partial charge in [0.25, 0.3) is 0 Å². The second-order valence-corrected chi connectivity index (χ2v) is 4.38. The third kappa shape index (κ3) is 5.09. The number of rotatable bonds is 4. The van der Waals surface area contributed by atoms with E-state index in [0.717, 1.165) is 18.8 Å². The summed E-state index contributed by atoms with van der Waals surface area (Å²) in [5.74, 6) is 0.877. The Morgan fingerprint density at radius 2 is 2.00 bits per heavy atom. The Hall–Kier alpha value is -0.300. The van der Waals surface area contributed by atoms with Crippen LogP contribution in [-0.2, 0) is 0 Å². The van der Waals surface area contributed by atoms with Crippen LogP contribution in [0.25, 0.3) is 0 Å². The quantitative estimate of drug-likeness (QED) is 0.662. The molecule has 1 heteroatoms. The minimum atomic E-state index is 0.357. The van der Waals surface area contributed by atoms with Crippen LogP contribution in [0.1, 0.15) is 51.9 Å². The van der Waals surface area contributed by atoms with Gasteiger partial charge in [-0.1, -0.05) is 31.4 Å². The van der Waals surface area contributed by atoms with Gasteiger partial charge in [-0.3, -0.25) is 0 Å². The van der Waals surface area contributed by atoms with E-state index < -0.39 is 0 Å². The van der Waals surface area contributed by atoms with Crippen LogP contribution >= 0.6 is 0 Å². The maximum atomic E-state index is 5.68. The highest BCUT2D eigenvalue weighted by Crippen LogP contribution is 2.24. The Labute approximate surface area is 82.4 Å². The molecule has 0 aromatic heterocycles. The average molecular weight is 181 g/mol. The molecule has 1 rings (SSSR count). The van der Waals surface area contributed by atoms with E-state index in [1.54, 1.807) is 0 Å². The van der Waals surface area contributed by atoms with Gasteiger partial charge in [0.2, 0.25) is 0 Å². The van der Waals surface area contributed by atoms with Gasteiger partial charge < -0.3 is 5.73 Å². The first-order chi connectivity index (χ1) is 6.29. The molecule has 1 atom stereocenters. The fraction of sp³-hybridized carbons (Fsp3) is 0.833. The first-order valence-corrected chi connectivity index (χ1v) is 5.71. The molecule has 1 unspecified atom stereocenters. The summed E-state index contributed by atoms with van der Waals surface area (Å²) in [6.07, 6.45) is 14.2. The molecule has 0 amide bonds. The second-order valence-electron chi connectivity index (χ2n) is 4.38. The van der Waals surface area contributed by atoms with Crippen molar-refractivity contribution in [1.29, 1.82) is 0 Å². The van der Waals surface area contributed by atoms with Crippen LogP contribution < -0.4 is 5.73 Å².